The molecule has 0 aliphatic carbocycles. The third-order valence-electron chi connectivity index (χ3n) is 2.93. The van der Waals surface area contributed by atoms with Crippen molar-refractivity contribution in [2.24, 2.45) is 0 Å². The average molecular weight is 270 g/mol. The minimum atomic E-state index is -1.41. The van der Waals surface area contributed by atoms with E-state index in [1.807, 2.05) is 0 Å². The van der Waals surface area contributed by atoms with E-state index in [0.29, 0.717) is 0 Å². The van der Waals surface area contributed by atoms with E-state index in [1.165, 1.54) is 6.20 Å². The lowest BCUT2D eigenvalue weighted by Crippen LogP contribution is -2.39. The summed E-state index contributed by atoms with van der Waals surface area (Å²) in [5.41, 5.74) is -0.577. The van der Waals surface area contributed by atoms with Gasteiger partial charge in [-0.25, -0.2) is 4.79 Å². The van der Waals surface area contributed by atoms with Crippen molar-refractivity contribution in [2.45, 2.75) is 24.5 Å². The molecule has 0 radical (unpaired) electrons. The van der Waals surface area contributed by atoms with Gasteiger partial charge in [0.2, 0.25) is 5.65 Å². The molecule has 0 unspecified atom stereocenters. The van der Waals surface area contributed by atoms with Gasteiger partial charge in [-0.2, -0.15) is 9.67 Å². The smallest absolute Gasteiger partial charge is 0.366 e. The van der Waals surface area contributed by atoms with Crippen LogP contribution in [0.2, 0.25) is 0 Å². The van der Waals surface area contributed by atoms with E-state index < -0.39 is 36.8 Å². The van der Waals surface area contributed by atoms with Crippen molar-refractivity contribution in [1.29, 1.82) is 0 Å². The van der Waals surface area contributed by atoms with Crippen LogP contribution >= 0.6 is 0 Å². The number of aliphatic hydroxyl groups excluding tert-OH is 3. The highest BCUT2D eigenvalue weighted by molar-refractivity contribution is 5.27. The van der Waals surface area contributed by atoms with Gasteiger partial charge in [0, 0.05) is 0 Å². The first-order valence-electron chi connectivity index (χ1n) is 5.42. The summed E-state index contributed by atoms with van der Waals surface area (Å²) >= 11 is 0. The molecule has 4 atom stereocenters. The highest BCUT2D eigenvalue weighted by Crippen LogP contribution is 2.27. The maximum atomic E-state index is 11.8. The molecule has 3 heterocycles. The molecular formula is C8H10N6O5. The second kappa shape index (κ2) is 4.31. The molecule has 0 amide bonds. The van der Waals surface area contributed by atoms with E-state index >= 15 is 0 Å². The molecule has 1 aliphatic heterocycles. The third-order valence-corrected chi connectivity index (χ3v) is 2.93. The molecule has 102 valence electrons. The van der Waals surface area contributed by atoms with Crippen molar-refractivity contribution in [3.8, 4) is 0 Å². The number of rotatable bonds is 2. The van der Waals surface area contributed by atoms with Gasteiger partial charge in [0.05, 0.1) is 12.8 Å². The van der Waals surface area contributed by atoms with Crippen LogP contribution in [0.3, 0.4) is 0 Å². The summed E-state index contributed by atoms with van der Waals surface area (Å²) < 4.78 is 7.12. The van der Waals surface area contributed by atoms with Crippen LogP contribution in [0.4, 0.5) is 0 Å². The van der Waals surface area contributed by atoms with E-state index in [1.54, 1.807) is 0 Å². The predicted molar refractivity (Wildman–Crippen MR) is 55.8 cm³/mol. The third kappa shape index (κ3) is 1.71. The summed E-state index contributed by atoms with van der Waals surface area (Å²) in [6.07, 6.45) is -3.81. The second-order valence-corrected chi connectivity index (χ2v) is 4.04. The zero-order valence-electron chi connectivity index (χ0n) is 9.44. The molecule has 11 nitrogen and oxygen atoms in total. The van der Waals surface area contributed by atoms with Gasteiger partial charge >= 0.3 is 5.69 Å². The zero-order chi connectivity index (χ0) is 13.6. The molecular weight excluding hydrogens is 260 g/mol. The number of ether oxygens (including phenoxy) is 1. The molecule has 0 saturated carbocycles. The molecule has 19 heavy (non-hydrogen) atoms. The normalized spacial score (nSPS) is 31.1. The van der Waals surface area contributed by atoms with Gasteiger partial charge in [0.1, 0.15) is 18.3 Å². The molecule has 1 aliphatic rings. The van der Waals surface area contributed by atoms with E-state index in [0.717, 1.165) is 9.31 Å². The standard InChI is InChI=1S/C8H10N6O5/c15-2-3-5(16)6(17)7(19-3)13-8(18)9-1-4-10-11-12-14(4)13/h1,3,5-7,15-17H,2H2/t3-,5-,6-,7-/m1/s1. The molecule has 2 aromatic heterocycles. The van der Waals surface area contributed by atoms with Crippen LogP contribution in [-0.2, 0) is 4.74 Å². The summed E-state index contributed by atoms with van der Waals surface area (Å²) in [6.45, 7) is -0.498. The number of hydrogen-bond acceptors (Lipinski definition) is 9. The number of aromatic nitrogens is 6. The Balaban J connectivity index is 2.12. The lowest BCUT2D eigenvalue weighted by atomic mass is 10.1. The fourth-order valence-electron chi connectivity index (χ4n) is 1.97. The topological polar surface area (TPSA) is 148 Å². The lowest BCUT2D eigenvalue weighted by Gasteiger charge is -2.16. The number of tetrazole rings is 1. The molecule has 0 bridgehead atoms. The first-order chi connectivity index (χ1) is 9.13. The highest BCUT2D eigenvalue weighted by Gasteiger charge is 2.44. The van der Waals surface area contributed by atoms with Gasteiger partial charge in [0.25, 0.3) is 0 Å². The molecule has 0 spiro atoms. The second-order valence-electron chi connectivity index (χ2n) is 4.04. The Morgan fingerprint density at radius 2 is 2.16 bits per heavy atom. The summed E-state index contributed by atoms with van der Waals surface area (Å²) in [7, 11) is 0. The van der Waals surface area contributed by atoms with Crippen molar-refractivity contribution in [2.75, 3.05) is 6.61 Å². The van der Waals surface area contributed by atoms with Gasteiger partial charge in [-0.15, -0.1) is 9.73 Å². The van der Waals surface area contributed by atoms with Gasteiger partial charge in [0.15, 0.2) is 6.23 Å². The van der Waals surface area contributed by atoms with Gasteiger partial charge in [-0.05, 0) is 10.4 Å². The quantitative estimate of drug-likeness (QED) is 0.501. The van der Waals surface area contributed by atoms with Crippen LogP contribution in [-0.4, -0.2) is 70.1 Å². The summed E-state index contributed by atoms with van der Waals surface area (Å²) in [4.78, 5) is 15.3. The van der Waals surface area contributed by atoms with Crippen LogP contribution in [0, 0.1) is 0 Å². The Hall–Kier alpha value is -1.95. The summed E-state index contributed by atoms with van der Waals surface area (Å²) in [6, 6.07) is 0. The maximum Gasteiger partial charge on any atom is 0.366 e. The molecule has 3 rings (SSSR count). The molecule has 2 aromatic rings. The van der Waals surface area contributed by atoms with Crippen LogP contribution in [0.15, 0.2) is 11.0 Å². The minimum Gasteiger partial charge on any atom is -0.394 e. The molecule has 3 N–H and O–H groups in total. The first kappa shape index (κ1) is 12.1. The Morgan fingerprint density at radius 3 is 2.84 bits per heavy atom. The van der Waals surface area contributed by atoms with Crippen LogP contribution < -0.4 is 5.69 Å². The van der Waals surface area contributed by atoms with Crippen molar-refractivity contribution in [3.63, 3.8) is 0 Å². The van der Waals surface area contributed by atoms with Crippen LogP contribution in [0.25, 0.3) is 5.65 Å². The van der Waals surface area contributed by atoms with Crippen molar-refractivity contribution >= 4 is 5.65 Å². The maximum absolute atomic E-state index is 11.8. The lowest BCUT2D eigenvalue weighted by molar-refractivity contribution is -0.0651. The fraction of sp³-hybridized carbons (Fsp3) is 0.625. The van der Waals surface area contributed by atoms with Crippen molar-refractivity contribution in [3.05, 3.63) is 16.7 Å². The van der Waals surface area contributed by atoms with Gasteiger partial charge in [-0.3, -0.25) is 0 Å². The van der Waals surface area contributed by atoms with Crippen LogP contribution in [0.5, 0.6) is 0 Å². The van der Waals surface area contributed by atoms with Crippen molar-refractivity contribution in [1.82, 2.24) is 29.8 Å². The summed E-state index contributed by atoms with van der Waals surface area (Å²) in [5, 5.41) is 39.1. The van der Waals surface area contributed by atoms with E-state index in [4.69, 9.17) is 9.84 Å². The summed E-state index contributed by atoms with van der Waals surface area (Å²) in [5.74, 6) is 0. The molecule has 11 heteroatoms. The van der Waals surface area contributed by atoms with Gasteiger partial charge < -0.3 is 20.1 Å². The number of fused-ring (bicyclic) bond motifs is 1. The Morgan fingerprint density at radius 1 is 1.37 bits per heavy atom. The number of nitrogens with zero attached hydrogens (tertiary/aromatic N) is 6. The Bertz CT molecular complexity index is 654. The minimum absolute atomic E-state index is 0.178. The van der Waals surface area contributed by atoms with E-state index in [2.05, 4.69) is 20.5 Å². The Kier molecular flexibility index (Phi) is 2.74. The Labute approximate surface area is 104 Å². The SMILES string of the molecule is O=c1ncc2nnnn2n1[C@@H]1O[C@H](CO)[C@@H](O)[C@H]1O. The first-order valence-corrected chi connectivity index (χ1v) is 5.42. The van der Waals surface area contributed by atoms with E-state index in [9.17, 15) is 15.0 Å². The van der Waals surface area contributed by atoms with E-state index in [-0.39, 0.29) is 5.65 Å². The highest BCUT2D eigenvalue weighted by atomic mass is 16.6. The monoisotopic (exact) mass is 270 g/mol. The fourth-order valence-corrected chi connectivity index (χ4v) is 1.97. The van der Waals surface area contributed by atoms with Crippen molar-refractivity contribution < 1.29 is 20.1 Å². The van der Waals surface area contributed by atoms with Crippen LogP contribution in [0.1, 0.15) is 6.23 Å². The average Bonchev–Trinajstić information content (AvgIpc) is 2.97. The number of aliphatic hydroxyl groups is 3. The molecule has 0 aromatic carbocycles. The number of hydrogen-bond donors (Lipinski definition) is 3. The van der Waals surface area contributed by atoms with Gasteiger partial charge in [-0.1, -0.05) is 0 Å². The predicted octanol–water partition coefficient (Wildman–Crippen LogP) is -3.71. The molecule has 1 saturated heterocycles. The molecule has 1 fully saturated rings. The largest absolute Gasteiger partial charge is 0.394 e. The zero-order valence-corrected chi connectivity index (χ0v) is 9.44.